The van der Waals surface area contributed by atoms with Crippen LogP contribution in [-0.2, 0) is 0 Å². The summed E-state index contributed by atoms with van der Waals surface area (Å²) in [5, 5.41) is 3.06. The summed E-state index contributed by atoms with van der Waals surface area (Å²) in [4.78, 5) is 11.7. The number of carbonyl (C=O) groups is 1. The summed E-state index contributed by atoms with van der Waals surface area (Å²) in [6.07, 6.45) is 0. The monoisotopic (exact) mass is 385 g/mol. The molecule has 104 valence electrons. The second-order valence-electron chi connectivity index (χ2n) is 4.25. The van der Waals surface area contributed by atoms with Crippen LogP contribution in [0.15, 0.2) is 36.4 Å². The molecule has 0 spiro atoms. The van der Waals surface area contributed by atoms with Crippen molar-refractivity contribution in [3.8, 4) is 0 Å². The lowest BCUT2D eigenvalue weighted by Crippen LogP contribution is -2.30. The predicted molar refractivity (Wildman–Crippen MR) is 85.2 cm³/mol. The molecule has 0 saturated carbocycles. The Balaban J connectivity index is 2.41. The van der Waals surface area contributed by atoms with E-state index < -0.39 is 11.7 Å². The van der Waals surface area contributed by atoms with Gasteiger partial charge in [0.15, 0.2) is 0 Å². The number of rotatable bonds is 3. The van der Waals surface area contributed by atoms with Gasteiger partial charge in [0.2, 0.25) is 0 Å². The topological polar surface area (TPSA) is 67.2 Å². The van der Waals surface area contributed by atoms with Gasteiger partial charge in [0, 0.05) is 9.26 Å². The van der Waals surface area contributed by atoms with Crippen LogP contribution >= 0.6 is 22.6 Å². The van der Waals surface area contributed by atoms with Gasteiger partial charge in [0.1, 0.15) is 5.82 Å². The molecule has 0 aromatic heterocycles. The molecule has 0 saturated heterocycles. The van der Waals surface area contributed by atoms with E-state index in [-0.39, 0.29) is 5.56 Å². The molecule has 2 aromatic rings. The minimum atomic E-state index is -0.476. The van der Waals surface area contributed by atoms with Crippen LogP contribution in [0.3, 0.4) is 0 Å². The fraction of sp³-hybridized carbons (Fsp3) is 0.0714. The number of carbonyl (C=O) groups excluding carboxylic acids is 1. The van der Waals surface area contributed by atoms with E-state index in [0.29, 0.717) is 5.69 Å². The van der Waals surface area contributed by atoms with Crippen molar-refractivity contribution in [3.05, 3.63) is 56.9 Å². The highest BCUT2D eigenvalue weighted by atomic mass is 127. The van der Waals surface area contributed by atoms with E-state index in [2.05, 4.69) is 27.9 Å². The second-order valence-corrected chi connectivity index (χ2v) is 5.49. The largest absolute Gasteiger partial charge is 0.355 e. The van der Waals surface area contributed by atoms with E-state index in [1.54, 1.807) is 0 Å². The smallest absolute Gasteiger partial charge is 0.267 e. The van der Waals surface area contributed by atoms with Crippen molar-refractivity contribution in [3.63, 3.8) is 0 Å². The van der Waals surface area contributed by atoms with Gasteiger partial charge in [0.05, 0.1) is 11.3 Å². The predicted octanol–water partition coefficient (Wildman–Crippen LogP) is 3.09. The molecule has 2 rings (SSSR count). The van der Waals surface area contributed by atoms with Crippen molar-refractivity contribution in [1.29, 1.82) is 0 Å². The average molecular weight is 385 g/mol. The molecule has 0 atom stereocenters. The molecule has 20 heavy (non-hydrogen) atoms. The first-order valence-corrected chi connectivity index (χ1v) is 6.93. The van der Waals surface area contributed by atoms with E-state index in [0.717, 1.165) is 14.8 Å². The maximum atomic E-state index is 13.4. The van der Waals surface area contributed by atoms with Crippen LogP contribution < -0.4 is 16.6 Å². The number of amides is 1. The van der Waals surface area contributed by atoms with Gasteiger partial charge >= 0.3 is 0 Å². The van der Waals surface area contributed by atoms with Gasteiger partial charge in [0.25, 0.3) is 5.91 Å². The number of anilines is 2. The molecular weight excluding hydrogens is 372 g/mol. The van der Waals surface area contributed by atoms with Crippen molar-refractivity contribution < 1.29 is 9.18 Å². The fourth-order valence-electron chi connectivity index (χ4n) is 1.81. The minimum absolute atomic E-state index is 0.284. The van der Waals surface area contributed by atoms with Crippen molar-refractivity contribution in [2.75, 3.05) is 5.32 Å². The van der Waals surface area contributed by atoms with Crippen LogP contribution in [0.1, 0.15) is 15.9 Å². The second kappa shape index (κ2) is 6.19. The van der Waals surface area contributed by atoms with Crippen LogP contribution in [0.2, 0.25) is 0 Å². The lowest BCUT2D eigenvalue weighted by atomic mass is 10.1. The molecule has 4 nitrogen and oxygen atoms in total. The Morgan fingerprint density at radius 1 is 1.20 bits per heavy atom. The van der Waals surface area contributed by atoms with E-state index >= 15 is 0 Å². The zero-order valence-corrected chi connectivity index (χ0v) is 12.9. The molecule has 6 heteroatoms. The standard InChI is InChI=1S/C14H13FIN3O/c1-8-6-10(16)3-5-12(8)18-13-7-9(15)2-4-11(13)14(20)19-17/h2-7,18H,17H2,1H3,(H,19,20). The minimum Gasteiger partial charge on any atom is -0.355 e. The molecule has 0 fully saturated rings. The van der Waals surface area contributed by atoms with Crippen LogP contribution in [0.25, 0.3) is 0 Å². The molecule has 1 amide bonds. The fourth-order valence-corrected chi connectivity index (χ4v) is 2.45. The van der Waals surface area contributed by atoms with E-state index in [4.69, 9.17) is 5.84 Å². The molecule has 0 unspecified atom stereocenters. The third kappa shape index (κ3) is 3.26. The Hall–Kier alpha value is -1.67. The number of aryl methyl sites for hydroxylation is 1. The van der Waals surface area contributed by atoms with Crippen LogP contribution in [0, 0.1) is 16.3 Å². The first kappa shape index (κ1) is 14.7. The molecule has 2 aromatic carbocycles. The van der Waals surface area contributed by atoms with Crippen molar-refractivity contribution in [1.82, 2.24) is 5.43 Å². The number of benzene rings is 2. The molecule has 0 heterocycles. The van der Waals surface area contributed by atoms with E-state index in [1.807, 2.05) is 30.5 Å². The SMILES string of the molecule is Cc1cc(I)ccc1Nc1cc(F)ccc1C(=O)NN. The summed E-state index contributed by atoms with van der Waals surface area (Å²) < 4.78 is 14.5. The van der Waals surface area contributed by atoms with Gasteiger partial charge in [-0.05, 0) is 71.5 Å². The number of halogens is 2. The quantitative estimate of drug-likeness (QED) is 0.329. The Bertz CT molecular complexity index is 661. The normalized spacial score (nSPS) is 10.2. The lowest BCUT2D eigenvalue weighted by molar-refractivity contribution is 0.0954. The maximum absolute atomic E-state index is 13.4. The molecule has 0 aliphatic heterocycles. The number of hydrogen-bond acceptors (Lipinski definition) is 3. The summed E-state index contributed by atoms with van der Waals surface area (Å²) in [5.74, 6) is 4.23. The number of nitrogen functional groups attached to an aromatic ring is 1. The molecular formula is C14H13FIN3O. The van der Waals surface area contributed by atoms with Gasteiger partial charge in [-0.3, -0.25) is 10.2 Å². The third-order valence-corrected chi connectivity index (χ3v) is 3.49. The summed E-state index contributed by atoms with van der Waals surface area (Å²) in [6, 6.07) is 9.68. The summed E-state index contributed by atoms with van der Waals surface area (Å²) in [7, 11) is 0. The molecule has 0 aliphatic rings. The Kier molecular flexibility index (Phi) is 4.56. The Morgan fingerprint density at radius 2 is 1.95 bits per heavy atom. The average Bonchev–Trinajstić information content (AvgIpc) is 2.41. The van der Waals surface area contributed by atoms with Crippen molar-refractivity contribution >= 4 is 39.9 Å². The zero-order chi connectivity index (χ0) is 14.7. The van der Waals surface area contributed by atoms with Crippen LogP contribution in [-0.4, -0.2) is 5.91 Å². The molecule has 0 bridgehead atoms. The number of nitrogens with two attached hydrogens (primary N) is 1. The van der Waals surface area contributed by atoms with Crippen molar-refractivity contribution in [2.24, 2.45) is 5.84 Å². The summed E-state index contributed by atoms with van der Waals surface area (Å²) in [6.45, 7) is 1.94. The van der Waals surface area contributed by atoms with E-state index in [1.165, 1.54) is 18.2 Å². The van der Waals surface area contributed by atoms with Crippen molar-refractivity contribution in [2.45, 2.75) is 6.92 Å². The van der Waals surface area contributed by atoms with Gasteiger partial charge in [-0.15, -0.1) is 0 Å². The number of hydrogen-bond donors (Lipinski definition) is 3. The lowest BCUT2D eigenvalue weighted by Gasteiger charge is -2.13. The summed E-state index contributed by atoms with van der Waals surface area (Å²) in [5.41, 5.74) is 4.51. The van der Waals surface area contributed by atoms with Gasteiger partial charge < -0.3 is 5.32 Å². The van der Waals surface area contributed by atoms with Crippen LogP contribution in [0.5, 0.6) is 0 Å². The van der Waals surface area contributed by atoms with Gasteiger partial charge in [-0.1, -0.05) is 0 Å². The Labute approximate surface area is 129 Å². The first-order chi connectivity index (χ1) is 9.51. The third-order valence-electron chi connectivity index (χ3n) is 2.82. The molecule has 4 N–H and O–H groups in total. The molecule has 0 radical (unpaired) electrons. The van der Waals surface area contributed by atoms with Gasteiger partial charge in [-0.2, -0.15) is 0 Å². The van der Waals surface area contributed by atoms with Crippen LogP contribution in [0.4, 0.5) is 15.8 Å². The van der Waals surface area contributed by atoms with Gasteiger partial charge in [-0.25, -0.2) is 10.2 Å². The first-order valence-electron chi connectivity index (χ1n) is 5.85. The number of hydrazine groups is 1. The maximum Gasteiger partial charge on any atom is 0.267 e. The highest BCUT2D eigenvalue weighted by Gasteiger charge is 2.12. The van der Waals surface area contributed by atoms with E-state index in [9.17, 15) is 9.18 Å². The Morgan fingerprint density at radius 3 is 2.60 bits per heavy atom. The number of nitrogens with one attached hydrogen (secondary N) is 2. The summed E-state index contributed by atoms with van der Waals surface area (Å²) >= 11 is 2.21. The molecule has 0 aliphatic carbocycles. The highest BCUT2D eigenvalue weighted by Crippen LogP contribution is 2.25. The highest BCUT2D eigenvalue weighted by molar-refractivity contribution is 14.1. The zero-order valence-electron chi connectivity index (χ0n) is 10.7.